The standard InChI is InChI=1S/C12H22N2O3/c1-3-10(11(15)16)14-12(17)13-8(2)9-6-4-5-7-9/h8-10H,3-7H2,1-2H3,(H,15,16)(H2,13,14,17)/t8?,10-/m0/s1. The van der Waals surface area contributed by atoms with E-state index in [0.29, 0.717) is 12.3 Å². The largest absolute Gasteiger partial charge is 0.480 e. The quantitative estimate of drug-likeness (QED) is 0.687. The molecule has 17 heavy (non-hydrogen) atoms. The van der Waals surface area contributed by atoms with Crippen LogP contribution in [-0.4, -0.2) is 29.2 Å². The van der Waals surface area contributed by atoms with Crippen LogP contribution in [0, 0.1) is 5.92 Å². The first-order valence-electron chi connectivity index (χ1n) is 6.34. The van der Waals surface area contributed by atoms with Gasteiger partial charge in [0, 0.05) is 6.04 Å². The van der Waals surface area contributed by atoms with E-state index in [4.69, 9.17) is 5.11 Å². The normalized spacial score (nSPS) is 19.6. The SMILES string of the molecule is CC[C@H](NC(=O)NC(C)C1CCCC1)C(=O)O. The summed E-state index contributed by atoms with van der Waals surface area (Å²) in [5, 5.41) is 14.1. The van der Waals surface area contributed by atoms with Crippen molar-refractivity contribution in [2.24, 2.45) is 5.92 Å². The van der Waals surface area contributed by atoms with Crippen LogP contribution < -0.4 is 10.6 Å². The summed E-state index contributed by atoms with van der Waals surface area (Å²) in [5.41, 5.74) is 0. The molecular weight excluding hydrogens is 220 g/mol. The first-order chi connectivity index (χ1) is 8.04. The molecule has 1 rings (SSSR count). The van der Waals surface area contributed by atoms with Crippen LogP contribution in [0.2, 0.25) is 0 Å². The molecule has 1 unspecified atom stereocenters. The van der Waals surface area contributed by atoms with Gasteiger partial charge in [-0.15, -0.1) is 0 Å². The number of carboxylic acids is 1. The minimum atomic E-state index is -0.990. The van der Waals surface area contributed by atoms with Crippen LogP contribution in [0.1, 0.15) is 46.0 Å². The summed E-state index contributed by atoms with van der Waals surface area (Å²) in [5.74, 6) is -0.457. The molecule has 5 nitrogen and oxygen atoms in total. The predicted octanol–water partition coefficient (Wildman–Crippen LogP) is 1.73. The van der Waals surface area contributed by atoms with Crippen LogP contribution in [0.4, 0.5) is 4.79 Å². The zero-order valence-corrected chi connectivity index (χ0v) is 10.5. The van der Waals surface area contributed by atoms with E-state index in [0.717, 1.165) is 12.8 Å². The van der Waals surface area contributed by atoms with E-state index in [-0.39, 0.29) is 12.1 Å². The number of amides is 2. The zero-order valence-electron chi connectivity index (χ0n) is 10.5. The summed E-state index contributed by atoms with van der Waals surface area (Å²) in [4.78, 5) is 22.4. The third kappa shape index (κ3) is 4.24. The lowest BCUT2D eigenvalue weighted by Crippen LogP contribution is -2.49. The van der Waals surface area contributed by atoms with Crippen molar-refractivity contribution in [3.8, 4) is 0 Å². The number of nitrogens with one attached hydrogen (secondary N) is 2. The van der Waals surface area contributed by atoms with E-state index < -0.39 is 12.0 Å². The molecule has 0 aliphatic heterocycles. The molecule has 5 heteroatoms. The smallest absolute Gasteiger partial charge is 0.326 e. The maximum Gasteiger partial charge on any atom is 0.326 e. The molecular formula is C12H22N2O3. The number of rotatable bonds is 5. The summed E-state index contributed by atoms with van der Waals surface area (Å²) in [7, 11) is 0. The van der Waals surface area contributed by atoms with Crippen LogP contribution in [0.15, 0.2) is 0 Å². The van der Waals surface area contributed by atoms with Crippen LogP contribution in [0.3, 0.4) is 0 Å². The van der Waals surface area contributed by atoms with E-state index in [1.807, 2.05) is 6.92 Å². The number of aliphatic carboxylic acids is 1. The molecule has 0 aromatic rings. The molecule has 1 aliphatic rings. The Morgan fingerprint density at radius 2 is 1.88 bits per heavy atom. The molecule has 0 heterocycles. The number of carbonyl (C=O) groups excluding carboxylic acids is 1. The van der Waals surface area contributed by atoms with Crippen LogP contribution in [-0.2, 0) is 4.79 Å². The minimum Gasteiger partial charge on any atom is -0.480 e. The Morgan fingerprint density at radius 3 is 2.35 bits per heavy atom. The van der Waals surface area contributed by atoms with Gasteiger partial charge in [0.15, 0.2) is 0 Å². The summed E-state index contributed by atoms with van der Waals surface area (Å²) >= 11 is 0. The van der Waals surface area contributed by atoms with Gasteiger partial charge in [-0.05, 0) is 32.1 Å². The van der Waals surface area contributed by atoms with Gasteiger partial charge < -0.3 is 15.7 Å². The Balaban J connectivity index is 2.35. The average molecular weight is 242 g/mol. The lowest BCUT2D eigenvalue weighted by Gasteiger charge is -2.22. The summed E-state index contributed by atoms with van der Waals surface area (Å²) in [6.45, 7) is 3.72. The maximum atomic E-state index is 11.6. The lowest BCUT2D eigenvalue weighted by atomic mass is 10.0. The molecule has 0 bridgehead atoms. The highest BCUT2D eigenvalue weighted by Crippen LogP contribution is 2.27. The monoisotopic (exact) mass is 242 g/mol. The topological polar surface area (TPSA) is 78.4 Å². The highest BCUT2D eigenvalue weighted by Gasteiger charge is 2.24. The first kappa shape index (κ1) is 13.8. The number of hydrogen-bond donors (Lipinski definition) is 3. The first-order valence-corrected chi connectivity index (χ1v) is 6.34. The van der Waals surface area contributed by atoms with Gasteiger partial charge in [0.2, 0.25) is 0 Å². The molecule has 0 spiro atoms. The van der Waals surface area contributed by atoms with Crippen molar-refractivity contribution in [3.63, 3.8) is 0 Å². The number of urea groups is 1. The molecule has 1 aliphatic carbocycles. The van der Waals surface area contributed by atoms with Crippen molar-refractivity contribution in [3.05, 3.63) is 0 Å². The molecule has 1 saturated carbocycles. The molecule has 98 valence electrons. The predicted molar refractivity (Wildman–Crippen MR) is 64.8 cm³/mol. The molecule has 2 atom stereocenters. The van der Waals surface area contributed by atoms with Gasteiger partial charge in [0.1, 0.15) is 6.04 Å². The third-order valence-corrected chi connectivity index (χ3v) is 3.48. The Morgan fingerprint density at radius 1 is 1.29 bits per heavy atom. The van der Waals surface area contributed by atoms with Crippen LogP contribution >= 0.6 is 0 Å². The van der Waals surface area contributed by atoms with Gasteiger partial charge >= 0.3 is 12.0 Å². The van der Waals surface area contributed by atoms with Crippen LogP contribution in [0.5, 0.6) is 0 Å². The summed E-state index contributed by atoms with van der Waals surface area (Å²) < 4.78 is 0. The van der Waals surface area contributed by atoms with Gasteiger partial charge in [-0.1, -0.05) is 19.8 Å². The van der Waals surface area contributed by atoms with Crippen molar-refractivity contribution in [1.82, 2.24) is 10.6 Å². The number of carbonyl (C=O) groups is 2. The number of carboxylic acid groups (broad SMARTS) is 1. The van der Waals surface area contributed by atoms with Crippen molar-refractivity contribution in [1.29, 1.82) is 0 Å². The van der Waals surface area contributed by atoms with Crippen molar-refractivity contribution in [2.75, 3.05) is 0 Å². The third-order valence-electron chi connectivity index (χ3n) is 3.48. The zero-order chi connectivity index (χ0) is 12.8. The van der Waals surface area contributed by atoms with Gasteiger partial charge in [0.05, 0.1) is 0 Å². The minimum absolute atomic E-state index is 0.115. The highest BCUT2D eigenvalue weighted by atomic mass is 16.4. The fourth-order valence-electron chi connectivity index (χ4n) is 2.32. The van der Waals surface area contributed by atoms with Gasteiger partial charge in [-0.25, -0.2) is 9.59 Å². The highest BCUT2D eigenvalue weighted by molar-refractivity contribution is 5.82. The maximum absolute atomic E-state index is 11.6. The van der Waals surface area contributed by atoms with E-state index in [1.54, 1.807) is 6.92 Å². The second-order valence-electron chi connectivity index (χ2n) is 4.75. The molecule has 3 N–H and O–H groups in total. The fourth-order valence-corrected chi connectivity index (χ4v) is 2.32. The molecule has 0 radical (unpaired) electrons. The van der Waals surface area contributed by atoms with E-state index in [2.05, 4.69) is 10.6 Å². The molecule has 0 aromatic carbocycles. The lowest BCUT2D eigenvalue weighted by molar-refractivity contribution is -0.139. The van der Waals surface area contributed by atoms with Crippen molar-refractivity contribution >= 4 is 12.0 Å². The molecule has 2 amide bonds. The van der Waals surface area contributed by atoms with E-state index >= 15 is 0 Å². The summed E-state index contributed by atoms with van der Waals surface area (Å²) in [6, 6.07) is -1.06. The Kier molecular flexibility index (Phi) is 5.25. The average Bonchev–Trinajstić information content (AvgIpc) is 2.78. The van der Waals surface area contributed by atoms with Crippen molar-refractivity contribution in [2.45, 2.75) is 58.0 Å². The summed E-state index contributed by atoms with van der Waals surface area (Å²) in [6.07, 6.45) is 5.14. The Labute approximate surface area is 102 Å². The molecule has 0 saturated heterocycles. The number of hydrogen-bond acceptors (Lipinski definition) is 2. The Hall–Kier alpha value is -1.26. The second kappa shape index (κ2) is 6.47. The van der Waals surface area contributed by atoms with Gasteiger partial charge in [-0.2, -0.15) is 0 Å². The molecule has 1 fully saturated rings. The van der Waals surface area contributed by atoms with E-state index in [9.17, 15) is 9.59 Å². The van der Waals surface area contributed by atoms with Crippen molar-refractivity contribution < 1.29 is 14.7 Å². The van der Waals surface area contributed by atoms with E-state index in [1.165, 1.54) is 12.8 Å². The second-order valence-corrected chi connectivity index (χ2v) is 4.75. The van der Waals surface area contributed by atoms with Gasteiger partial charge in [-0.3, -0.25) is 0 Å². The van der Waals surface area contributed by atoms with Crippen LogP contribution in [0.25, 0.3) is 0 Å². The Bertz CT molecular complexity index is 275. The van der Waals surface area contributed by atoms with Gasteiger partial charge in [0.25, 0.3) is 0 Å². The fraction of sp³-hybridized carbons (Fsp3) is 0.833. The molecule has 0 aromatic heterocycles.